The van der Waals surface area contributed by atoms with Crippen molar-refractivity contribution >= 4 is 5.91 Å². The van der Waals surface area contributed by atoms with Gasteiger partial charge in [-0.2, -0.15) is 0 Å². The van der Waals surface area contributed by atoms with E-state index in [1.807, 2.05) is 48.5 Å². The Morgan fingerprint density at radius 2 is 1.51 bits per heavy atom. The number of ether oxygens (including phenoxy) is 1. The summed E-state index contributed by atoms with van der Waals surface area (Å²) in [6.45, 7) is 3.44. The van der Waals surface area contributed by atoms with E-state index in [0.717, 1.165) is 53.0 Å². The zero-order valence-corrected chi connectivity index (χ0v) is 23.1. The third-order valence-electron chi connectivity index (χ3n) is 8.04. The molecule has 0 atom stereocenters. The van der Waals surface area contributed by atoms with Gasteiger partial charge >= 0.3 is 0 Å². The summed E-state index contributed by atoms with van der Waals surface area (Å²) in [5.74, 6) is 1.37. The highest BCUT2D eigenvalue weighted by atomic mass is 127. The number of carbonyl (C=O) groups excluding carboxylic acids is 1. The van der Waals surface area contributed by atoms with Crippen molar-refractivity contribution in [3.8, 4) is 11.5 Å². The predicted octanol–water partition coefficient (Wildman–Crippen LogP) is 3.32. The van der Waals surface area contributed by atoms with E-state index in [2.05, 4.69) is 18.4 Å². The Kier molecular flexibility index (Phi) is 8.92. The van der Waals surface area contributed by atoms with Gasteiger partial charge in [0.2, 0.25) is 5.91 Å². The normalized spacial score (nSPS) is 26.2. The highest BCUT2D eigenvalue weighted by Crippen LogP contribution is 2.44. The predicted molar refractivity (Wildman–Crippen MR) is 137 cm³/mol. The number of allylic oxidation sites excluding steroid dienone is 1. The molecule has 1 fully saturated rings. The standard InChI is InChI=1S/C30H38N2O2.HI/c1-32(22-23-12-6-4-2-3-5-7-13-23)20-18-24(19-21-32)31-30(33)29-25-14-8-10-16-27(25)34-28-17-11-9-15-26(28)29;/h8-12,14-17,24,29H,2-7,13,18-22H2,1H3;1H/b23-12+;. The second-order valence-corrected chi connectivity index (χ2v) is 10.8. The van der Waals surface area contributed by atoms with Crippen molar-refractivity contribution in [1.29, 1.82) is 0 Å². The van der Waals surface area contributed by atoms with Crippen LogP contribution in [-0.4, -0.2) is 43.1 Å². The molecule has 5 rings (SSSR count). The monoisotopic (exact) mass is 586 g/mol. The van der Waals surface area contributed by atoms with Crippen molar-refractivity contribution in [2.45, 2.75) is 69.7 Å². The van der Waals surface area contributed by atoms with Crippen LogP contribution in [0.4, 0.5) is 0 Å². The van der Waals surface area contributed by atoms with Crippen molar-refractivity contribution in [3.05, 3.63) is 71.3 Å². The summed E-state index contributed by atoms with van der Waals surface area (Å²) >= 11 is 0. The van der Waals surface area contributed by atoms with E-state index in [-0.39, 0.29) is 41.8 Å². The fourth-order valence-electron chi connectivity index (χ4n) is 6.04. The lowest BCUT2D eigenvalue weighted by atomic mass is 9.86. The minimum atomic E-state index is -0.312. The molecule has 1 saturated heterocycles. The van der Waals surface area contributed by atoms with Crippen molar-refractivity contribution in [3.63, 3.8) is 0 Å². The first-order valence-electron chi connectivity index (χ1n) is 13.3. The number of likely N-dealkylation sites (tertiary alicyclic amines) is 1. The molecule has 1 amide bonds. The van der Waals surface area contributed by atoms with Gasteiger partial charge in [-0.15, -0.1) is 0 Å². The maximum Gasteiger partial charge on any atom is 0.232 e. The number of carbonyl (C=O) groups is 1. The molecule has 2 heterocycles. The van der Waals surface area contributed by atoms with Crippen LogP contribution in [0, 0.1) is 0 Å². The van der Waals surface area contributed by atoms with E-state index in [1.165, 1.54) is 51.5 Å². The van der Waals surface area contributed by atoms with Gasteiger partial charge in [0.1, 0.15) is 18.0 Å². The van der Waals surface area contributed by atoms with Gasteiger partial charge in [-0.25, -0.2) is 0 Å². The second kappa shape index (κ2) is 11.9. The minimum Gasteiger partial charge on any atom is -1.00 e. The van der Waals surface area contributed by atoms with Crippen molar-refractivity contribution in [2.75, 3.05) is 26.7 Å². The summed E-state index contributed by atoms with van der Waals surface area (Å²) in [5.41, 5.74) is 3.59. The molecule has 5 heteroatoms. The van der Waals surface area contributed by atoms with Crippen LogP contribution in [-0.2, 0) is 4.79 Å². The van der Waals surface area contributed by atoms with Crippen LogP contribution in [0.3, 0.4) is 0 Å². The quantitative estimate of drug-likeness (QED) is 0.340. The number of hydrogen-bond donors (Lipinski definition) is 1. The Morgan fingerprint density at radius 3 is 2.20 bits per heavy atom. The van der Waals surface area contributed by atoms with Crippen LogP contribution in [0.2, 0.25) is 0 Å². The van der Waals surface area contributed by atoms with Gasteiger partial charge in [0, 0.05) is 30.0 Å². The van der Waals surface area contributed by atoms with E-state index < -0.39 is 0 Å². The number of likely N-dealkylation sites (N-methyl/N-ethyl adjacent to an activating group) is 1. The average molecular weight is 587 g/mol. The molecule has 0 bridgehead atoms. The van der Waals surface area contributed by atoms with Crippen LogP contribution in [0.5, 0.6) is 11.5 Å². The smallest absolute Gasteiger partial charge is 0.232 e. The number of piperidine rings is 1. The Morgan fingerprint density at radius 1 is 0.914 bits per heavy atom. The molecule has 0 unspecified atom stereocenters. The molecule has 3 aliphatic rings. The number of rotatable bonds is 4. The number of quaternary nitrogens is 1. The molecule has 188 valence electrons. The molecular formula is C30H39IN2O2. The van der Waals surface area contributed by atoms with Crippen molar-refractivity contribution in [2.24, 2.45) is 0 Å². The van der Waals surface area contributed by atoms with Crippen LogP contribution in [0.15, 0.2) is 60.2 Å². The number of benzene rings is 2. The number of halogens is 1. The lowest BCUT2D eigenvalue weighted by molar-refractivity contribution is -0.910. The molecule has 1 N–H and O–H groups in total. The molecule has 0 saturated carbocycles. The number of hydrogen-bond acceptors (Lipinski definition) is 2. The summed E-state index contributed by atoms with van der Waals surface area (Å²) in [6.07, 6.45) is 14.0. The highest BCUT2D eigenvalue weighted by Gasteiger charge is 2.36. The highest BCUT2D eigenvalue weighted by molar-refractivity contribution is 5.89. The fourth-order valence-corrected chi connectivity index (χ4v) is 6.04. The van der Waals surface area contributed by atoms with E-state index in [4.69, 9.17) is 4.74 Å². The van der Waals surface area contributed by atoms with Gasteiger partial charge < -0.3 is 38.5 Å². The first-order valence-corrected chi connectivity index (χ1v) is 13.3. The zero-order chi connectivity index (χ0) is 23.4. The van der Waals surface area contributed by atoms with E-state index in [9.17, 15) is 4.79 Å². The topological polar surface area (TPSA) is 38.3 Å². The van der Waals surface area contributed by atoms with Crippen LogP contribution in [0.25, 0.3) is 0 Å². The third kappa shape index (κ3) is 6.29. The first kappa shape index (κ1) is 26.2. The number of nitrogens with zero attached hydrogens (tertiary/aromatic N) is 1. The van der Waals surface area contributed by atoms with E-state index >= 15 is 0 Å². The molecule has 0 spiro atoms. The summed E-state index contributed by atoms with van der Waals surface area (Å²) in [6, 6.07) is 16.1. The Balaban J connectivity index is 0.00000289. The van der Waals surface area contributed by atoms with Crippen molar-refractivity contribution in [1.82, 2.24) is 5.32 Å². The molecule has 2 aromatic rings. The van der Waals surface area contributed by atoms with Gasteiger partial charge in [-0.05, 0) is 43.4 Å². The van der Waals surface area contributed by atoms with Gasteiger partial charge in [0.05, 0.1) is 26.1 Å². The van der Waals surface area contributed by atoms with Gasteiger partial charge in [-0.1, -0.05) is 61.7 Å². The maximum absolute atomic E-state index is 13.6. The molecular weight excluding hydrogens is 547 g/mol. The van der Waals surface area contributed by atoms with Crippen LogP contribution < -0.4 is 34.0 Å². The minimum absolute atomic E-state index is 0. The van der Waals surface area contributed by atoms with Gasteiger partial charge in [0.25, 0.3) is 0 Å². The Labute approximate surface area is 227 Å². The maximum atomic E-state index is 13.6. The average Bonchev–Trinajstić information content (AvgIpc) is 2.98. The Hall–Kier alpha value is -1.86. The summed E-state index contributed by atoms with van der Waals surface area (Å²) in [4.78, 5) is 13.6. The van der Waals surface area contributed by atoms with Gasteiger partial charge in [-0.3, -0.25) is 4.79 Å². The lowest BCUT2D eigenvalue weighted by Crippen LogP contribution is -3.00. The number of para-hydroxylation sites is 2. The Bertz CT molecular complexity index is 997. The SMILES string of the molecule is C[N+]1(C/C2=C/CCCCCCC2)CCC(NC(=O)C2c3ccccc3Oc3ccccc32)CC1.[I-]. The molecule has 0 radical (unpaired) electrons. The van der Waals surface area contributed by atoms with Crippen molar-refractivity contribution < 1.29 is 38.0 Å². The summed E-state index contributed by atoms with van der Waals surface area (Å²) in [5, 5.41) is 3.42. The molecule has 0 aromatic heterocycles. The summed E-state index contributed by atoms with van der Waals surface area (Å²) < 4.78 is 7.20. The molecule has 4 nitrogen and oxygen atoms in total. The molecule has 35 heavy (non-hydrogen) atoms. The summed E-state index contributed by atoms with van der Waals surface area (Å²) in [7, 11) is 2.41. The number of amides is 1. The third-order valence-corrected chi connectivity index (χ3v) is 8.04. The van der Waals surface area contributed by atoms with Crippen LogP contribution >= 0.6 is 0 Å². The second-order valence-electron chi connectivity index (χ2n) is 10.8. The van der Waals surface area contributed by atoms with E-state index in [1.54, 1.807) is 5.57 Å². The molecule has 1 aliphatic carbocycles. The van der Waals surface area contributed by atoms with E-state index in [0.29, 0.717) is 0 Å². The fraction of sp³-hybridized carbons (Fsp3) is 0.500. The largest absolute Gasteiger partial charge is 1.00 e. The molecule has 2 aliphatic heterocycles. The number of nitrogens with one attached hydrogen (secondary N) is 1. The zero-order valence-electron chi connectivity index (χ0n) is 21.0. The van der Waals surface area contributed by atoms with Crippen LogP contribution in [0.1, 0.15) is 74.8 Å². The lowest BCUT2D eigenvalue weighted by Gasteiger charge is -2.41. The van der Waals surface area contributed by atoms with Gasteiger partial charge in [0.15, 0.2) is 0 Å². The first-order chi connectivity index (χ1) is 16.6. The molecule has 2 aromatic carbocycles. The number of fused-ring (bicyclic) bond motifs is 2.